The molecule has 0 aliphatic heterocycles. The van der Waals surface area contributed by atoms with Crippen molar-refractivity contribution in [2.24, 2.45) is 0 Å². The lowest BCUT2D eigenvalue weighted by molar-refractivity contribution is 1.21. The van der Waals surface area contributed by atoms with E-state index >= 15 is 0 Å². The van der Waals surface area contributed by atoms with E-state index in [0.717, 1.165) is 17.0 Å². The first-order chi connectivity index (χ1) is 18.7. The number of pyridine rings is 1. The number of benzene rings is 5. The minimum absolute atomic E-state index is 1.01. The molecule has 0 saturated heterocycles. The molecule has 7 aromatic rings. The van der Waals surface area contributed by atoms with Crippen molar-refractivity contribution in [2.45, 2.75) is 6.92 Å². The predicted molar refractivity (Wildman–Crippen MR) is 164 cm³/mol. The largest absolute Gasteiger partial charge is 0.253 e. The highest BCUT2D eigenvalue weighted by Gasteiger charge is 2.11. The van der Waals surface area contributed by atoms with Gasteiger partial charge in [-0.05, 0) is 70.6 Å². The Hall–Kier alpha value is -4.53. The van der Waals surface area contributed by atoms with Crippen LogP contribution in [0.5, 0.6) is 0 Å². The Morgan fingerprint density at radius 1 is 0.474 bits per heavy atom. The first-order valence-electron chi connectivity index (χ1n) is 12.9. The molecule has 0 unspecified atom stereocenters. The van der Waals surface area contributed by atoms with E-state index in [1.807, 2.05) is 24.3 Å². The van der Waals surface area contributed by atoms with Crippen LogP contribution in [0.1, 0.15) is 5.69 Å². The molecule has 0 bridgehead atoms. The molecular formula is C36H25NS. The second kappa shape index (κ2) is 9.41. The van der Waals surface area contributed by atoms with E-state index in [1.165, 1.54) is 53.6 Å². The van der Waals surface area contributed by atoms with Gasteiger partial charge in [-0.1, -0.05) is 103 Å². The SMILES string of the molecule is Cc1cccc(-c2cccc(-c3ccc(-c4cccc(-c5cccc6c5sc5ccccc56)c4)cc3)c2)n1. The molecule has 0 spiro atoms. The molecule has 0 saturated carbocycles. The van der Waals surface area contributed by atoms with Crippen molar-refractivity contribution in [2.75, 3.05) is 0 Å². The van der Waals surface area contributed by atoms with E-state index in [-0.39, 0.29) is 0 Å². The van der Waals surface area contributed by atoms with Gasteiger partial charge in [-0.25, -0.2) is 0 Å². The van der Waals surface area contributed by atoms with Crippen LogP contribution in [0.15, 0.2) is 133 Å². The molecule has 2 aromatic heterocycles. The highest BCUT2D eigenvalue weighted by molar-refractivity contribution is 7.26. The second-order valence-corrected chi connectivity index (χ2v) is 10.7. The van der Waals surface area contributed by atoms with Gasteiger partial charge in [0.25, 0.3) is 0 Å². The van der Waals surface area contributed by atoms with Gasteiger partial charge in [-0.2, -0.15) is 0 Å². The van der Waals surface area contributed by atoms with Gasteiger partial charge < -0.3 is 0 Å². The van der Waals surface area contributed by atoms with Crippen molar-refractivity contribution in [1.82, 2.24) is 4.98 Å². The summed E-state index contributed by atoms with van der Waals surface area (Å²) < 4.78 is 2.69. The normalized spacial score (nSPS) is 11.3. The van der Waals surface area contributed by atoms with Crippen LogP contribution in [-0.2, 0) is 0 Å². The topological polar surface area (TPSA) is 12.9 Å². The van der Waals surface area contributed by atoms with Crippen molar-refractivity contribution in [3.05, 3.63) is 139 Å². The molecule has 0 amide bonds. The van der Waals surface area contributed by atoms with E-state index < -0.39 is 0 Å². The quantitative estimate of drug-likeness (QED) is 0.233. The lowest BCUT2D eigenvalue weighted by Crippen LogP contribution is -1.87. The molecule has 0 radical (unpaired) electrons. The minimum Gasteiger partial charge on any atom is -0.253 e. The first kappa shape index (κ1) is 22.7. The summed E-state index contributed by atoms with van der Waals surface area (Å²) in [7, 11) is 0. The van der Waals surface area contributed by atoms with Crippen LogP contribution in [-0.4, -0.2) is 4.98 Å². The molecule has 38 heavy (non-hydrogen) atoms. The van der Waals surface area contributed by atoms with Gasteiger partial charge in [0.05, 0.1) is 5.69 Å². The summed E-state index contributed by atoms with van der Waals surface area (Å²) in [6.45, 7) is 2.03. The van der Waals surface area contributed by atoms with E-state index in [0.29, 0.717) is 0 Å². The van der Waals surface area contributed by atoms with Gasteiger partial charge in [0, 0.05) is 31.4 Å². The molecule has 2 heteroatoms. The number of aromatic nitrogens is 1. The summed E-state index contributed by atoms with van der Waals surface area (Å²) in [5.74, 6) is 0. The third kappa shape index (κ3) is 4.09. The van der Waals surface area contributed by atoms with E-state index in [1.54, 1.807) is 0 Å². The van der Waals surface area contributed by atoms with Crippen LogP contribution >= 0.6 is 11.3 Å². The molecule has 0 atom stereocenters. The molecule has 5 aromatic carbocycles. The zero-order chi connectivity index (χ0) is 25.5. The first-order valence-corrected chi connectivity index (χ1v) is 13.7. The maximum absolute atomic E-state index is 4.70. The number of fused-ring (bicyclic) bond motifs is 3. The highest BCUT2D eigenvalue weighted by Crippen LogP contribution is 2.40. The fraction of sp³-hybridized carbons (Fsp3) is 0.0278. The molecule has 0 aliphatic rings. The van der Waals surface area contributed by atoms with Crippen LogP contribution in [0.3, 0.4) is 0 Å². The molecule has 2 heterocycles. The fourth-order valence-electron chi connectivity index (χ4n) is 5.26. The van der Waals surface area contributed by atoms with Crippen LogP contribution in [0, 0.1) is 6.92 Å². The maximum atomic E-state index is 4.70. The summed E-state index contributed by atoms with van der Waals surface area (Å²) in [5, 5.41) is 2.67. The zero-order valence-corrected chi connectivity index (χ0v) is 21.9. The lowest BCUT2D eigenvalue weighted by atomic mass is 9.96. The molecule has 0 fully saturated rings. The van der Waals surface area contributed by atoms with Crippen molar-refractivity contribution in [3.8, 4) is 44.6 Å². The molecule has 7 rings (SSSR count). The monoisotopic (exact) mass is 503 g/mol. The highest BCUT2D eigenvalue weighted by atomic mass is 32.1. The fourth-order valence-corrected chi connectivity index (χ4v) is 6.50. The third-order valence-electron chi connectivity index (χ3n) is 7.18. The second-order valence-electron chi connectivity index (χ2n) is 9.68. The van der Waals surface area contributed by atoms with Crippen LogP contribution in [0.2, 0.25) is 0 Å². The molecule has 1 nitrogen and oxygen atoms in total. The van der Waals surface area contributed by atoms with Gasteiger partial charge in [0.15, 0.2) is 0 Å². The Morgan fingerprint density at radius 3 is 1.84 bits per heavy atom. The number of hydrogen-bond acceptors (Lipinski definition) is 2. The van der Waals surface area contributed by atoms with Gasteiger partial charge >= 0.3 is 0 Å². The Labute approximate surface area is 226 Å². The average molecular weight is 504 g/mol. The maximum Gasteiger partial charge on any atom is 0.0705 e. The van der Waals surface area contributed by atoms with Gasteiger partial charge in [-0.3, -0.25) is 4.98 Å². The van der Waals surface area contributed by atoms with E-state index in [9.17, 15) is 0 Å². The van der Waals surface area contributed by atoms with Crippen LogP contribution in [0.25, 0.3) is 64.8 Å². The Bertz CT molecular complexity index is 1930. The summed E-state index contributed by atoms with van der Waals surface area (Å²) in [5.41, 5.74) is 10.6. The van der Waals surface area contributed by atoms with Gasteiger partial charge in [0.2, 0.25) is 0 Å². The standard InChI is InChI=1S/C36H25NS/c1-24-8-4-16-34(37-24)30-12-6-10-28(23-30)26-20-18-25(19-21-26)27-9-5-11-29(22-27)31-14-7-15-33-32-13-2-3-17-35(32)38-36(31)33/h2-23H,1H3. The number of aryl methyl sites for hydroxylation is 1. The van der Waals surface area contributed by atoms with E-state index in [2.05, 4.69) is 127 Å². The van der Waals surface area contributed by atoms with E-state index in [4.69, 9.17) is 4.98 Å². The molecule has 180 valence electrons. The predicted octanol–water partition coefficient (Wildman–Crippen LogP) is 10.4. The number of rotatable bonds is 4. The van der Waals surface area contributed by atoms with Crippen LogP contribution in [0.4, 0.5) is 0 Å². The number of thiophene rings is 1. The van der Waals surface area contributed by atoms with Crippen LogP contribution < -0.4 is 0 Å². The summed E-state index contributed by atoms with van der Waals surface area (Å²) in [6, 6.07) is 48.0. The Morgan fingerprint density at radius 2 is 1.08 bits per heavy atom. The number of nitrogens with zero attached hydrogens (tertiary/aromatic N) is 1. The smallest absolute Gasteiger partial charge is 0.0705 e. The van der Waals surface area contributed by atoms with Crippen molar-refractivity contribution < 1.29 is 0 Å². The van der Waals surface area contributed by atoms with Crippen molar-refractivity contribution in [1.29, 1.82) is 0 Å². The minimum atomic E-state index is 1.01. The summed E-state index contributed by atoms with van der Waals surface area (Å²) >= 11 is 1.88. The van der Waals surface area contributed by atoms with Gasteiger partial charge in [0.1, 0.15) is 0 Å². The average Bonchev–Trinajstić information content (AvgIpc) is 3.36. The molecular weight excluding hydrogens is 478 g/mol. The Kier molecular flexibility index (Phi) is 5.61. The lowest BCUT2D eigenvalue weighted by Gasteiger charge is -2.09. The zero-order valence-electron chi connectivity index (χ0n) is 21.1. The molecule has 0 aliphatic carbocycles. The third-order valence-corrected chi connectivity index (χ3v) is 8.40. The summed E-state index contributed by atoms with van der Waals surface area (Å²) in [4.78, 5) is 4.70. The molecule has 0 N–H and O–H groups in total. The number of hydrogen-bond donors (Lipinski definition) is 0. The van der Waals surface area contributed by atoms with Crippen molar-refractivity contribution in [3.63, 3.8) is 0 Å². The summed E-state index contributed by atoms with van der Waals surface area (Å²) in [6.07, 6.45) is 0. The van der Waals surface area contributed by atoms with Crippen molar-refractivity contribution >= 4 is 31.5 Å². The Balaban J connectivity index is 1.23. The van der Waals surface area contributed by atoms with Gasteiger partial charge in [-0.15, -0.1) is 11.3 Å².